The zero-order valence-electron chi connectivity index (χ0n) is 19.5. The van der Waals surface area contributed by atoms with Gasteiger partial charge in [-0.05, 0) is 35.2 Å². The van der Waals surface area contributed by atoms with Crippen molar-refractivity contribution in [1.29, 1.82) is 0 Å². The average Bonchev–Trinajstić information content (AvgIpc) is 3.37. The standard InChI is InChI=1S/C23H32N6O2/c1-15(2)21-25-28-29(27-21)18-10-11-19(30-7)17(13-18)9-8-12-23(5,6)14-20-24-26-22(31-20)16(3)4/h8-11,13,15-16H,12,14H2,1-7H3. The maximum atomic E-state index is 5.78. The van der Waals surface area contributed by atoms with Crippen LogP contribution in [0.4, 0.5) is 0 Å². The van der Waals surface area contributed by atoms with Crippen molar-refractivity contribution in [2.24, 2.45) is 5.41 Å². The van der Waals surface area contributed by atoms with Crippen LogP contribution >= 0.6 is 0 Å². The SMILES string of the molecule is COc1ccc(-n2nnc(C(C)C)n2)cc1C=CCC(C)(C)Cc1nnc(C(C)C)o1. The van der Waals surface area contributed by atoms with Gasteiger partial charge < -0.3 is 9.15 Å². The smallest absolute Gasteiger partial charge is 0.219 e. The number of nitrogens with zero attached hydrogens (tertiary/aromatic N) is 6. The molecule has 166 valence electrons. The molecule has 3 aromatic rings. The van der Waals surface area contributed by atoms with Crippen molar-refractivity contribution in [3.8, 4) is 11.4 Å². The van der Waals surface area contributed by atoms with Gasteiger partial charge in [0.25, 0.3) is 0 Å². The third kappa shape index (κ3) is 5.77. The summed E-state index contributed by atoms with van der Waals surface area (Å²) in [5.74, 6) is 3.34. The van der Waals surface area contributed by atoms with Gasteiger partial charge in [-0.1, -0.05) is 53.7 Å². The lowest BCUT2D eigenvalue weighted by atomic mass is 9.85. The topological polar surface area (TPSA) is 91.8 Å². The molecule has 0 aliphatic heterocycles. The first-order valence-corrected chi connectivity index (χ1v) is 10.7. The van der Waals surface area contributed by atoms with Crippen LogP contribution in [0.3, 0.4) is 0 Å². The Bertz CT molecular complexity index is 1030. The molecule has 2 aromatic heterocycles. The first-order valence-electron chi connectivity index (χ1n) is 10.7. The predicted octanol–water partition coefficient (Wildman–Crippen LogP) is 4.97. The highest BCUT2D eigenvalue weighted by molar-refractivity contribution is 5.60. The summed E-state index contributed by atoms with van der Waals surface area (Å²) in [6, 6.07) is 5.85. The first-order chi connectivity index (χ1) is 14.7. The molecule has 1 aromatic carbocycles. The van der Waals surface area contributed by atoms with Crippen LogP contribution in [0.1, 0.15) is 83.0 Å². The number of rotatable bonds is 9. The molecule has 31 heavy (non-hydrogen) atoms. The summed E-state index contributed by atoms with van der Waals surface area (Å²) in [4.78, 5) is 1.55. The quantitative estimate of drug-likeness (QED) is 0.479. The highest BCUT2D eigenvalue weighted by Gasteiger charge is 2.21. The molecule has 0 aliphatic rings. The molecule has 0 unspecified atom stereocenters. The summed E-state index contributed by atoms with van der Waals surface area (Å²) in [5.41, 5.74) is 1.77. The van der Waals surface area contributed by atoms with E-state index in [-0.39, 0.29) is 17.3 Å². The number of allylic oxidation sites excluding steroid dienone is 1. The predicted molar refractivity (Wildman–Crippen MR) is 119 cm³/mol. The van der Waals surface area contributed by atoms with Crippen LogP contribution in [0.15, 0.2) is 28.7 Å². The van der Waals surface area contributed by atoms with Gasteiger partial charge >= 0.3 is 0 Å². The number of tetrazole rings is 1. The Morgan fingerprint density at radius 1 is 1.10 bits per heavy atom. The molecule has 0 spiro atoms. The Balaban J connectivity index is 1.73. The van der Waals surface area contributed by atoms with E-state index in [2.05, 4.69) is 51.6 Å². The van der Waals surface area contributed by atoms with Crippen LogP contribution in [-0.4, -0.2) is 37.5 Å². The molecule has 2 heterocycles. The van der Waals surface area contributed by atoms with Crippen LogP contribution in [0.5, 0.6) is 5.75 Å². The fourth-order valence-corrected chi connectivity index (χ4v) is 3.10. The maximum absolute atomic E-state index is 5.78. The van der Waals surface area contributed by atoms with Crippen LogP contribution in [0, 0.1) is 5.41 Å². The number of methoxy groups -OCH3 is 1. The van der Waals surface area contributed by atoms with Gasteiger partial charge in [-0.15, -0.1) is 25.2 Å². The lowest BCUT2D eigenvalue weighted by Gasteiger charge is -2.20. The second-order valence-electron chi connectivity index (χ2n) is 9.15. The molecular weight excluding hydrogens is 392 g/mol. The normalized spacial score (nSPS) is 12.4. The fraction of sp³-hybridized carbons (Fsp3) is 0.522. The van der Waals surface area contributed by atoms with E-state index in [1.165, 1.54) is 0 Å². The summed E-state index contributed by atoms with van der Waals surface area (Å²) in [6.45, 7) is 12.6. The third-order valence-corrected chi connectivity index (χ3v) is 4.96. The molecular formula is C23H32N6O2. The van der Waals surface area contributed by atoms with Crippen molar-refractivity contribution < 1.29 is 9.15 Å². The van der Waals surface area contributed by atoms with Crippen LogP contribution in [0.2, 0.25) is 0 Å². The van der Waals surface area contributed by atoms with E-state index in [0.29, 0.717) is 11.8 Å². The summed E-state index contributed by atoms with van der Waals surface area (Å²) in [7, 11) is 1.67. The number of ether oxygens (including phenoxy) is 1. The maximum Gasteiger partial charge on any atom is 0.219 e. The van der Waals surface area contributed by atoms with Gasteiger partial charge in [0.15, 0.2) is 5.82 Å². The summed E-state index contributed by atoms with van der Waals surface area (Å²) in [6.07, 6.45) is 5.78. The largest absolute Gasteiger partial charge is 0.496 e. The second-order valence-corrected chi connectivity index (χ2v) is 9.15. The molecule has 8 nitrogen and oxygen atoms in total. The van der Waals surface area contributed by atoms with Gasteiger partial charge in [-0.2, -0.15) is 0 Å². The molecule has 0 saturated heterocycles. The Labute approximate surface area is 183 Å². The fourth-order valence-electron chi connectivity index (χ4n) is 3.10. The molecule has 0 aliphatic carbocycles. The Kier molecular flexibility index (Phi) is 6.87. The summed E-state index contributed by atoms with van der Waals surface area (Å²) >= 11 is 0. The average molecular weight is 425 g/mol. The number of benzene rings is 1. The number of hydrogen-bond acceptors (Lipinski definition) is 7. The molecule has 8 heteroatoms. The van der Waals surface area contributed by atoms with Gasteiger partial charge in [0.05, 0.1) is 12.8 Å². The second kappa shape index (κ2) is 9.41. The molecule has 0 fully saturated rings. The van der Waals surface area contributed by atoms with Gasteiger partial charge in [0.2, 0.25) is 11.8 Å². The molecule has 0 N–H and O–H groups in total. The summed E-state index contributed by atoms with van der Waals surface area (Å²) < 4.78 is 11.3. The van der Waals surface area contributed by atoms with E-state index < -0.39 is 0 Å². The van der Waals surface area contributed by atoms with Crippen molar-refractivity contribution in [2.75, 3.05) is 7.11 Å². The lowest BCUT2D eigenvalue weighted by Crippen LogP contribution is -2.14. The van der Waals surface area contributed by atoms with E-state index in [1.807, 2.05) is 45.9 Å². The van der Waals surface area contributed by atoms with E-state index in [0.717, 1.165) is 35.7 Å². The molecule has 0 atom stereocenters. The van der Waals surface area contributed by atoms with Crippen LogP contribution in [0.25, 0.3) is 11.8 Å². The van der Waals surface area contributed by atoms with Crippen molar-refractivity contribution in [3.05, 3.63) is 47.4 Å². The van der Waals surface area contributed by atoms with E-state index >= 15 is 0 Å². The van der Waals surface area contributed by atoms with Gasteiger partial charge in [0.1, 0.15) is 5.75 Å². The van der Waals surface area contributed by atoms with Crippen molar-refractivity contribution >= 4 is 6.08 Å². The Hall–Kier alpha value is -3.03. The number of hydrogen-bond donors (Lipinski definition) is 0. The highest BCUT2D eigenvalue weighted by atomic mass is 16.5. The first kappa shape index (κ1) is 22.7. The van der Waals surface area contributed by atoms with Crippen molar-refractivity contribution in [1.82, 2.24) is 30.4 Å². The minimum absolute atomic E-state index is 0.0260. The molecule has 0 radical (unpaired) electrons. The van der Waals surface area contributed by atoms with Crippen LogP contribution in [-0.2, 0) is 6.42 Å². The zero-order chi connectivity index (χ0) is 22.6. The third-order valence-electron chi connectivity index (χ3n) is 4.96. The minimum atomic E-state index is -0.0260. The number of aromatic nitrogens is 6. The van der Waals surface area contributed by atoms with Gasteiger partial charge in [-0.3, -0.25) is 0 Å². The van der Waals surface area contributed by atoms with E-state index in [4.69, 9.17) is 9.15 Å². The lowest BCUT2D eigenvalue weighted by molar-refractivity contribution is 0.316. The Morgan fingerprint density at radius 3 is 2.48 bits per heavy atom. The van der Waals surface area contributed by atoms with Gasteiger partial charge in [0, 0.05) is 23.8 Å². The monoisotopic (exact) mass is 424 g/mol. The highest BCUT2D eigenvalue weighted by Crippen LogP contribution is 2.29. The Morgan fingerprint density at radius 2 is 1.87 bits per heavy atom. The van der Waals surface area contributed by atoms with E-state index in [9.17, 15) is 0 Å². The minimum Gasteiger partial charge on any atom is -0.496 e. The summed E-state index contributed by atoms with van der Waals surface area (Å²) in [5, 5.41) is 21.1. The van der Waals surface area contributed by atoms with Gasteiger partial charge in [-0.25, -0.2) is 0 Å². The van der Waals surface area contributed by atoms with E-state index in [1.54, 1.807) is 11.9 Å². The zero-order valence-corrected chi connectivity index (χ0v) is 19.5. The molecule has 0 saturated carbocycles. The molecule has 0 amide bonds. The van der Waals surface area contributed by atoms with Crippen LogP contribution < -0.4 is 4.74 Å². The molecule has 3 rings (SSSR count). The van der Waals surface area contributed by atoms with Crippen molar-refractivity contribution in [3.63, 3.8) is 0 Å². The van der Waals surface area contributed by atoms with Crippen molar-refractivity contribution in [2.45, 2.75) is 66.2 Å². The molecule has 0 bridgehead atoms.